The summed E-state index contributed by atoms with van der Waals surface area (Å²) in [6, 6.07) is 14.9. The molecule has 0 aliphatic heterocycles. The van der Waals surface area contributed by atoms with Gasteiger partial charge in [-0.2, -0.15) is 0 Å². The molecule has 6 heteroatoms. The number of hydrogen-bond donors (Lipinski definition) is 2. The molecule has 0 bridgehead atoms. The molecule has 0 saturated heterocycles. The fraction of sp³-hybridized carbons (Fsp3) is 0.350. The molecule has 2 aromatic rings. The van der Waals surface area contributed by atoms with Crippen LogP contribution in [0, 0.1) is 12.7 Å². The molecule has 142 valence electrons. The van der Waals surface area contributed by atoms with Crippen LogP contribution in [0.4, 0.5) is 10.1 Å². The van der Waals surface area contributed by atoms with Gasteiger partial charge in [0, 0.05) is 43.9 Å². The second-order valence-electron chi connectivity index (χ2n) is 6.08. The van der Waals surface area contributed by atoms with Gasteiger partial charge in [-0.3, -0.25) is 4.79 Å². The van der Waals surface area contributed by atoms with Gasteiger partial charge in [-0.15, -0.1) is 12.4 Å². The average Bonchev–Trinajstić information content (AvgIpc) is 2.62. The Morgan fingerprint density at radius 2 is 1.81 bits per heavy atom. The van der Waals surface area contributed by atoms with Crippen molar-refractivity contribution in [3.8, 4) is 0 Å². The van der Waals surface area contributed by atoms with Gasteiger partial charge in [-0.05, 0) is 31.0 Å². The normalized spacial score (nSPS) is 10.5. The third-order valence-corrected chi connectivity index (χ3v) is 4.20. The van der Waals surface area contributed by atoms with E-state index in [1.54, 1.807) is 19.1 Å². The molecule has 3 N–H and O–H groups in total. The highest BCUT2D eigenvalue weighted by atomic mass is 35.5. The molecule has 0 aliphatic rings. The summed E-state index contributed by atoms with van der Waals surface area (Å²) in [7, 11) is 0. The van der Waals surface area contributed by atoms with E-state index >= 15 is 0 Å². The molecule has 0 saturated carbocycles. The van der Waals surface area contributed by atoms with Crippen LogP contribution in [-0.4, -0.2) is 37.0 Å². The highest BCUT2D eigenvalue weighted by Crippen LogP contribution is 2.17. The molecule has 0 aliphatic carbocycles. The van der Waals surface area contributed by atoms with Crippen LogP contribution in [0.5, 0.6) is 0 Å². The summed E-state index contributed by atoms with van der Waals surface area (Å²) in [6.45, 7) is 4.45. The van der Waals surface area contributed by atoms with Gasteiger partial charge >= 0.3 is 0 Å². The number of rotatable bonds is 9. The third-order valence-electron chi connectivity index (χ3n) is 4.20. The Hall–Kier alpha value is -1.95. The molecule has 26 heavy (non-hydrogen) atoms. The van der Waals surface area contributed by atoms with Crippen molar-refractivity contribution in [3.05, 3.63) is 65.5 Å². The number of nitrogens with two attached hydrogens (primary N) is 1. The molecule has 0 radical (unpaired) electrons. The molecule has 0 aromatic heterocycles. The Bertz CT molecular complexity index is 682. The number of anilines is 1. The zero-order valence-corrected chi connectivity index (χ0v) is 15.9. The van der Waals surface area contributed by atoms with Crippen molar-refractivity contribution in [3.63, 3.8) is 0 Å². The molecular formula is C20H27ClFN3O. The Morgan fingerprint density at radius 1 is 1.08 bits per heavy atom. The average molecular weight is 380 g/mol. The zero-order valence-electron chi connectivity index (χ0n) is 15.1. The van der Waals surface area contributed by atoms with Crippen LogP contribution in [0.2, 0.25) is 0 Å². The molecule has 0 atom stereocenters. The minimum absolute atomic E-state index is 0. The minimum atomic E-state index is -0.314. The number of halogens is 2. The first-order chi connectivity index (χ1) is 12.1. The minimum Gasteiger partial charge on any atom is -0.329 e. The molecule has 2 aromatic carbocycles. The van der Waals surface area contributed by atoms with E-state index in [1.807, 2.05) is 18.2 Å². The fourth-order valence-electron chi connectivity index (χ4n) is 2.67. The summed E-state index contributed by atoms with van der Waals surface area (Å²) in [6.07, 6.45) is 1.27. The monoisotopic (exact) mass is 379 g/mol. The van der Waals surface area contributed by atoms with E-state index in [9.17, 15) is 9.18 Å². The highest BCUT2D eigenvalue weighted by molar-refractivity contribution is 5.91. The maximum absolute atomic E-state index is 13.5. The Kier molecular flexibility index (Phi) is 9.88. The Labute approximate surface area is 161 Å². The molecule has 1 amide bonds. The van der Waals surface area contributed by atoms with Gasteiger partial charge in [0.2, 0.25) is 5.91 Å². The van der Waals surface area contributed by atoms with Crippen LogP contribution in [0.15, 0.2) is 48.5 Å². The molecule has 0 unspecified atom stereocenters. The van der Waals surface area contributed by atoms with Crippen molar-refractivity contribution in [1.82, 2.24) is 4.90 Å². The molecule has 4 nitrogen and oxygen atoms in total. The maximum Gasteiger partial charge on any atom is 0.225 e. The van der Waals surface area contributed by atoms with Crippen molar-refractivity contribution in [2.75, 3.05) is 31.5 Å². The van der Waals surface area contributed by atoms with Gasteiger partial charge in [-0.25, -0.2) is 4.39 Å². The van der Waals surface area contributed by atoms with Gasteiger partial charge in [0.05, 0.1) is 0 Å². The largest absolute Gasteiger partial charge is 0.329 e. The lowest BCUT2D eigenvalue weighted by atomic mass is 10.1. The second kappa shape index (κ2) is 11.6. The molecule has 0 spiro atoms. The number of hydrogen-bond acceptors (Lipinski definition) is 3. The predicted octanol–water partition coefficient (Wildman–Crippen LogP) is 3.39. The van der Waals surface area contributed by atoms with E-state index in [-0.39, 0.29) is 24.1 Å². The quantitative estimate of drug-likeness (QED) is 0.702. The van der Waals surface area contributed by atoms with Gasteiger partial charge < -0.3 is 16.0 Å². The van der Waals surface area contributed by atoms with E-state index < -0.39 is 0 Å². The van der Waals surface area contributed by atoms with Crippen LogP contribution in [-0.2, 0) is 11.2 Å². The van der Waals surface area contributed by atoms with Crippen molar-refractivity contribution in [2.24, 2.45) is 5.73 Å². The lowest BCUT2D eigenvalue weighted by Gasteiger charge is -2.21. The summed E-state index contributed by atoms with van der Waals surface area (Å²) < 4.78 is 13.5. The van der Waals surface area contributed by atoms with Crippen molar-refractivity contribution >= 4 is 24.0 Å². The fourth-order valence-corrected chi connectivity index (χ4v) is 2.67. The van der Waals surface area contributed by atoms with E-state index in [2.05, 4.69) is 22.3 Å². The van der Waals surface area contributed by atoms with Crippen LogP contribution in [0.1, 0.15) is 17.5 Å². The first-order valence-corrected chi connectivity index (χ1v) is 8.61. The topological polar surface area (TPSA) is 58.4 Å². The lowest BCUT2D eigenvalue weighted by molar-refractivity contribution is -0.116. The van der Waals surface area contributed by atoms with Gasteiger partial charge in [-0.1, -0.05) is 36.4 Å². The van der Waals surface area contributed by atoms with Gasteiger partial charge in [0.15, 0.2) is 0 Å². The van der Waals surface area contributed by atoms with Crippen LogP contribution in [0.25, 0.3) is 0 Å². The molecule has 0 heterocycles. The summed E-state index contributed by atoms with van der Waals surface area (Å²) in [5.74, 6) is -0.430. The SMILES string of the molecule is Cc1c(F)cccc1NC(=O)CCN(CCN)CCc1ccccc1.Cl. The number of benzene rings is 2. The highest BCUT2D eigenvalue weighted by Gasteiger charge is 2.10. The summed E-state index contributed by atoms with van der Waals surface area (Å²) in [5.41, 5.74) is 7.93. The van der Waals surface area contributed by atoms with E-state index in [0.717, 1.165) is 19.5 Å². The lowest BCUT2D eigenvalue weighted by Crippen LogP contribution is -2.34. The van der Waals surface area contributed by atoms with E-state index in [4.69, 9.17) is 5.73 Å². The first-order valence-electron chi connectivity index (χ1n) is 8.61. The van der Waals surface area contributed by atoms with Crippen molar-refractivity contribution in [2.45, 2.75) is 19.8 Å². The van der Waals surface area contributed by atoms with Gasteiger partial charge in [0.25, 0.3) is 0 Å². The van der Waals surface area contributed by atoms with Crippen LogP contribution in [0.3, 0.4) is 0 Å². The summed E-state index contributed by atoms with van der Waals surface area (Å²) >= 11 is 0. The maximum atomic E-state index is 13.5. The molecular weight excluding hydrogens is 353 g/mol. The van der Waals surface area contributed by atoms with Crippen molar-refractivity contribution in [1.29, 1.82) is 0 Å². The van der Waals surface area contributed by atoms with Gasteiger partial charge in [0.1, 0.15) is 5.82 Å². The number of carbonyl (C=O) groups excluding carboxylic acids is 1. The Balaban J connectivity index is 0.00000338. The second-order valence-corrected chi connectivity index (χ2v) is 6.08. The predicted molar refractivity (Wildman–Crippen MR) is 107 cm³/mol. The first kappa shape index (κ1) is 22.1. The van der Waals surface area contributed by atoms with E-state index in [0.29, 0.717) is 30.8 Å². The van der Waals surface area contributed by atoms with Crippen molar-refractivity contribution < 1.29 is 9.18 Å². The number of amides is 1. The molecule has 0 fully saturated rings. The third kappa shape index (κ3) is 7.12. The number of nitrogens with zero attached hydrogens (tertiary/aromatic N) is 1. The summed E-state index contributed by atoms with van der Waals surface area (Å²) in [4.78, 5) is 14.4. The van der Waals surface area contributed by atoms with Crippen LogP contribution >= 0.6 is 12.4 Å². The van der Waals surface area contributed by atoms with E-state index in [1.165, 1.54) is 11.6 Å². The number of carbonyl (C=O) groups is 1. The smallest absolute Gasteiger partial charge is 0.225 e. The molecule has 2 rings (SSSR count). The Morgan fingerprint density at radius 3 is 2.50 bits per heavy atom. The number of nitrogens with one attached hydrogen (secondary N) is 1. The zero-order chi connectivity index (χ0) is 18.1. The summed E-state index contributed by atoms with van der Waals surface area (Å²) in [5, 5.41) is 2.79. The van der Waals surface area contributed by atoms with Crippen LogP contribution < -0.4 is 11.1 Å². The standard InChI is InChI=1S/C20H26FN3O.ClH/c1-16-18(21)8-5-9-19(16)23-20(25)11-14-24(15-12-22)13-10-17-6-3-2-4-7-17;/h2-9H,10-15,22H2,1H3,(H,23,25);1H.